The number of nitrogens with one attached hydrogen (secondary N) is 1. The lowest BCUT2D eigenvalue weighted by Gasteiger charge is -2.33. The average molecular weight is 505 g/mol. The fourth-order valence-corrected chi connectivity index (χ4v) is 5.75. The Labute approximate surface area is 218 Å². The summed E-state index contributed by atoms with van der Waals surface area (Å²) in [6.45, 7) is 7.40. The molecule has 2 aromatic rings. The zero-order valence-corrected chi connectivity index (χ0v) is 21.9. The number of aliphatic hydroxyl groups excluding tert-OH is 1. The van der Waals surface area contributed by atoms with Crippen LogP contribution in [0.2, 0.25) is 0 Å². The number of allylic oxidation sites excluding steroid dienone is 1. The van der Waals surface area contributed by atoms with Crippen molar-refractivity contribution in [3.05, 3.63) is 77.4 Å². The maximum absolute atomic E-state index is 14.1. The quantitative estimate of drug-likeness (QED) is 0.422. The molecule has 2 aliphatic rings. The van der Waals surface area contributed by atoms with E-state index in [1.165, 1.54) is 4.90 Å². The summed E-state index contributed by atoms with van der Waals surface area (Å²) in [6, 6.07) is 13.9. The van der Waals surface area contributed by atoms with Gasteiger partial charge in [0, 0.05) is 11.6 Å². The Kier molecular flexibility index (Phi) is 8.13. The number of benzene rings is 2. The number of hydrogen-bond donors (Lipinski definition) is 2. The maximum Gasteiger partial charge on any atom is 0.310 e. The Balaban J connectivity index is 1.75. The predicted octanol–water partition coefficient (Wildman–Crippen LogP) is 3.67. The van der Waals surface area contributed by atoms with Gasteiger partial charge in [0.2, 0.25) is 11.8 Å². The molecule has 0 radical (unpaired) electrons. The molecule has 0 spiro atoms. The summed E-state index contributed by atoms with van der Waals surface area (Å²) in [5, 5.41) is 13.5. The van der Waals surface area contributed by atoms with Crippen LogP contribution in [0.15, 0.2) is 60.7 Å². The third-order valence-corrected chi connectivity index (χ3v) is 7.61. The third-order valence-electron chi connectivity index (χ3n) is 7.61. The van der Waals surface area contributed by atoms with Crippen molar-refractivity contribution < 1.29 is 24.2 Å². The Morgan fingerprint density at radius 1 is 1.11 bits per heavy atom. The van der Waals surface area contributed by atoms with Gasteiger partial charge in [-0.25, -0.2) is 0 Å². The first-order chi connectivity index (χ1) is 17.8. The van der Waals surface area contributed by atoms with Gasteiger partial charge in [-0.3, -0.25) is 14.4 Å². The van der Waals surface area contributed by atoms with Gasteiger partial charge in [-0.1, -0.05) is 61.5 Å². The molecule has 7 heteroatoms. The van der Waals surface area contributed by atoms with Crippen LogP contribution in [-0.2, 0) is 25.5 Å². The molecule has 1 saturated heterocycles. The molecule has 6 atom stereocenters. The largest absolute Gasteiger partial charge is 0.466 e. The van der Waals surface area contributed by atoms with Crippen molar-refractivity contribution in [2.24, 2.45) is 23.7 Å². The molecule has 1 fully saturated rings. The molecule has 2 aromatic carbocycles. The molecule has 4 rings (SSSR count). The highest BCUT2D eigenvalue weighted by Gasteiger charge is 2.58. The second-order valence-electron chi connectivity index (χ2n) is 10.1. The van der Waals surface area contributed by atoms with Crippen LogP contribution in [0.25, 0.3) is 0 Å². The standard InChI is InChI=1S/C30H36N2O5/c1-5-37-30(36)25-20(4)13-14-23-26(25)29(35)32(22(17-33)16-21-9-7-6-8-10-21)27(23)28(34)31-24-15-18(2)11-12-19(24)3/h6-15,20,22-23,25-27,33H,5,16-17H2,1-4H3,(H,31,34)/t20-,22-,23+,25-,26+,27+/m1/s1. The fraction of sp³-hybridized carbons (Fsp3) is 0.433. The van der Waals surface area contributed by atoms with E-state index < -0.39 is 35.8 Å². The Morgan fingerprint density at radius 2 is 1.84 bits per heavy atom. The molecule has 1 aliphatic carbocycles. The molecular weight excluding hydrogens is 468 g/mol. The fourth-order valence-electron chi connectivity index (χ4n) is 5.75. The van der Waals surface area contributed by atoms with Crippen LogP contribution in [0, 0.1) is 37.5 Å². The number of aryl methyl sites for hydroxylation is 2. The summed E-state index contributed by atoms with van der Waals surface area (Å²) in [5.41, 5.74) is 3.54. The van der Waals surface area contributed by atoms with Crippen LogP contribution < -0.4 is 5.32 Å². The molecule has 0 aromatic heterocycles. The number of nitrogens with zero attached hydrogens (tertiary/aromatic N) is 1. The van der Waals surface area contributed by atoms with Gasteiger partial charge in [0.25, 0.3) is 0 Å². The van der Waals surface area contributed by atoms with Crippen molar-refractivity contribution in [1.29, 1.82) is 0 Å². The molecule has 0 saturated carbocycles. The molecule has 1 heterocycles. The highest BCUT2D eigenvalue weighted by molar-refractivity contribution is 6.02. The Morgan fingerprint density at radius 3 is 2.51 bits per heavy atom. The molecular formula is C30H36N2O5. The highest BCUT2D eigenvalue weighted by Crippen LogP contribution is 2.45. The number of amides is 2. The minimum atomic E-state index is -0.876. The van der Waals surface area contributed by atoms with E-state index in [4.69, 9.17) is 4.74 Å². The molecule has 2 amide bonds. The molecule has 37 heavy (non-hydrogen) atoms. The number of carbonyl (C=O) groups is 3. The normalized spacial score (nSPS) is 25.5. The van der Waals surface area contributed by atoms with E-state index in [1.54, 1.807) is 6.92 Å². The topological polar surface area (TPSA) is 95.9 Å². The zero-order valence-electron chi connectivity index (χ0n) is 21.9. The molecule has 0 unspecified atom stereocenters. The number of aliphatic hydroxyl groups is 1. The van der Waals surface area contributed by atoms with Gasteiger partial charge < -0.3 is 20.1 Å². The number of carbonyl (C=O) groups excluding carboxylic acids is 3. The predicted molar refractivity (Wildman–Crippen MR) is 142 cm³/mol. The van der Waals surface area contributed by atoms with Gasteiger partial charge in [0.05, 0.1) is 31.1 Å². The second kappa shape index (κ2) is 11.3. The van der Waals surface area contributed by atoms with Crippen molar-refractivity contribution in [3.8, 4) is 0 Å². The lowest BCUT2D eigenvalue weighted by atomic mass is 9.70. The van der Waals surface area contributed by atoms with Crippen molar-refractivity contribution in [2.45, 2.75) is 46.2 Å². The van der Waals surface area contributed by atoms with E-state index in [2.05, 4.69) is 5.32 Å². The van der Waals surface area contributed by atoms with Crippen molar-refractivity contribution >= 4 is 23.5 Å². The zero-order chi connectivity index (χ0) is 26.7. The first-order valence-electron chi connectivity index (χ1n) is 13.0. The van der Waals surface area contributed by atoms with Crippen LogP contribution in [-0.4, -0.2) is 53.1 Å². The summed E-state index contributed by atoms with van der Waals surface area (Å²) in [5.74, 6) is -3.22. The monoisotopic (exact) mass is 504 g/mol. The first kappa shape index (κ1) is 26.6. The van der Waals surface area contributed by atoms with E-state index >= 15 is 0 Å². The third kappa shape index (κ3) is 5.32. The summed E-state index contributed by atoms with van der Waals surface area (Å²) in [7, 11) is 0. The highest BCUT2D eigenvalue weighted by atomic mass is 16.5. The van der Waals surface area contributed by atoms with Gasteiger partial charge in [0.15, 0.2) is 0 Å². The lowest BCUT2D eigenvalue weighted by molar-refractivity contribution is -0.155. The van der Waals surface area contributed by atoms with E-state index in [-0.39, 0.29) is 30.9 Å². The number of anilines is 1. The van der Waals surface area contributed by atoms with E-state index in [9.17, 15) is 19.5 Å². The molecule has 196 valence electrons. The number of hydrogen-bond acceptors (Lipinski definition) is 5. The maximum atomic E-state index is 14.1. The van der Waals surface area contributed by atoms with Gasteiger partial charge in [0.1, 0.15) is 6.04 Å². The SMILES string of the molecule is CCOC(=O)[C@H]1[C@H]2C(=O)N([C@@H](CO)Cc3ccccc3)[C@H](C(=O)Nc3cc(C)ccc3C)[C@H]2C=C[C@H]1C. The number of likely N-dealkylation sites (tertiary alicyclic amines) is 1. The summed E-state index contributed by atoms with van der Waals surface area (Å²) in [4.78, 5) is 42.5. The molecule has 2 N–H and O–H groups in total. The molecule has 0 bridgehead atoms. The number of ether oxygens (including phenoxy) is 1. The summed E-state index contributed by atoms with van der Waals surface area (Å²) in [6.07, 6.45) is 4.19. The molecule has 1 aliphatic heterocycles. The van der Waals surface area contributed by atoms with E-state index in [1.807, 2.05) is 81.5 Å². The minimum absolute atomic E-state index is 0.213. The first-order valence-corrected chi connectivity index (χ1v) is 13.0. The van der Waals surface area contributed by atoms with Crippen LogP contribution >= 0.6 is 0 Å². The average Bonchev–Trinajstić information content (AvgIpc) is 3.17. The van der Waals surface area contributed by atoms with Crippen LogP contribution in [0.3, 0.4) is 0 Å². The second-order valence-corrected chi connectivity index (χ2v) is 10.1. The van der Waals surface area contributed by atoms with E-state index in [0.717, 1.165) is 16.7 Å². The number of fused-ring (bicyclic) bond motifs is 1. The van der Waals surface area contributed by atoms with Crippen molar-refractivity contribution in [2.75, 3.05) is 18.5 Å². The van der Waals surface area contributed by atoms with Gasteiger partial charge in [-0.05, 0) is 55.9 Å². The minimum Gasteiger partial charge on any atom is -0.466 e. The Hall–Kier alpha value is -3.45. The molecule has 7 nitrogen and oxygen atoms in total. The van der Waals surface area contributed by atoms with Crippen LogP contribution in [0.4, 0.5) is 5.69 Å². The summed E-state index contributed by atoms with van der Waals surface area (Å²) >= 11 is 0. The Bertz CT molecular complexity index is 1180. The van der Waals surface area contributed by atoms with Gasteiger partial charge >= 0.3 is 5.97 Å². The van der Waals surface area contributed by atoms with Crippen molar-refractivity contribution in [3.63, 3.8) is 0 Å². The van der Waals surface area contributed by atoms with Gasteiger partial charge in [-0.2, -0.15) is 0 Å². The van der Waals surface area contributed by atoms with Gasteiger partial charge in [-0.15, -0.1) is 0 Å². The van der Waals surface area contributed by atoms with E-state index in [0.29, 0.717) is 12.1 Å². The van der Waals surface area contributed by atoms with Crippen LogP contribution in [0.1, 0.15) is 30.5 Å². The van der Waals surface area contributed by atoms with Crippen molar-refractivity contribution in [1.82, 2.24) is 4.90 Å². The number of rotatable bonds is 8. The van der Waals surface area contributed by atoms with Crippen LogP contribution in [0.5, 0.6) is 0 Å². The lowest BCUT2D eigenvalue weighted by Crippen LogP contribution is -2.51. The smallest absolute Gasteiger partial charge is 0.310 e. The number of esters is 1. The summed E-state index contributed by atoms with van der Waals surface area (Å²) < 4.78 is 5.35.